The van der Waals surface area contributed by atoms with Gasteiger partial charge < -0.3 is 5.11 Å². The summed E-state index contributed by atoms with van der Waals surface area (Å²) < 4.78 is 2.03. The zero-order valence-corrected chi connectivity index (χ0v) is 10.3. The molecule has 0 aliphatic rings. The summed E-state index contributed by atoms with van der Waals surface area (Å²) in [6.07, 6.45) is 2.26. The van der Waals surface area contributed by atoms with Crippen LogP contribution >= 0.6 is 23.1 Å². The van der Waals surface area contributed by atoms with Crippen molar-refractivity contribution < 1.29 is 5.11 Å². The predicted octanol–water partition coefficient (Wildman–Crippen LogP) is 1.75. The molecule has 0 saturated carbocycles. The first-order chi connectivity index (χ1) is 7.70. The topological polar surface area (TPSA) is 67.5 Å². The molecule has 2 rings (SSSR count). The number of hydrogen-bond donors (Lipinski definition) is 1. The van der Waals surface area contributed by atoms with Crippen LogP contribution in [0.5, 0.6) is 5.88 Å². The number of hydrogen-bond acceptors (Lipinski definition) is 6. The van der Waals surface area contributed by atoms with Crippen molar-refractivity contribution in [2.45, 2.75) is 24.1 Å². The first-order valence-electron chi connectivity index (χ1n) is 4.93. The first kappa shape index (κ1) is 11.4. The average molecular weight is 257 g/mol. The Hall–Kier alpha value is -1.08. The molecule has 0 spiro atoms. The number of nitrogens with zero attached hydrogens (tertiary/aromatic N) is 3. The van der Waals surface area contributed by atoms with E-state index in [1.807, 2.05) is 0 Å². The molecule has 7 heteroatoms. The van der Waals surface area contributed by atoms with Crippen LogP contribution in [0.1, 0.15) is 19.8 Å². The van der Waals surface area contributed by atoms with Crippen LogP contribution in [-0.2, 0) is 0 Å². The Balaban J connectivity index is 2.29. The molecule has 0 aromatic carbocycles. The molecule has 1 N–H and O–H groups in total. The first-order valence-corrected chi connectivity index (χ1v) is 6.73. The highest BCUT2D eigenvalue weighted by Crippen LogP contribution is 2.24. The van der Waals surface area contributed by atoms with Gasteiger partial charge in [-0.25, -0.2) is 0 Å². The Labute approximate surface area is 100 Å². The minimum atomic E-state index is -0.346. The van der Waals surface area contributed by atoms with E-state index >= 15 is 0 Å². The molecule has 0 bridgehead atoms. The Kier molecular flexibility index (Phi) is 3.45. The third kappa shape index (κ3) is 2.35. The van der Waals surface area contributed by atoms with E-state index < -0.39 is 0 Å². The highest BCUT2D eigenvalue weighted by atomic mass is 32.2. The van der Waals surface area contributed by atoms with Gasteiger partial charge in [-0.3, -0.25) is 4.79 Å². The fourth-order valence-corrected chi connectivity index (χ4v) is 3.24. The van der Waals surface area contributed by atoms with Crippen molar-refractivity contribution in [1.82, 2.24) is 14.6 Å². The third-order valence-corrected chi connectivity index (χ3v) is 4.06. The summed E-state index contributed by atoms with van der Waals surface area (Å²) in [6.45, 7) is 2.13. The second kappa shape index (κ2) is 4.84. The Morgan fingerprint density at radius 1 is 1.62 bits per heavy atom. The highest BCUT2D eigenvalue weighted by molar-refractivity contribution is 8.01. The zero-order chi connectivity index (χ0) is 11.5. The van der Waals surface area contributed by atoms with Crippen LogP contribution in [0.25, 0.3) is 4.96 Å². The molecule has 2 aromatic rings. The van der Waals surface area contributed by atoms with E-state index in [0.29, 0.717) is 4.96 Å². The zero-order valence-electron chi connectivity index (χ0n) is 8.71. The van der Waals surface area contributed by atoms with Gasteiger partial charge in [0.1, 0.15) is 0 Å². The Bertz CT molecular complexity index is 549. The summed E-state index contributed by atoms with van der Waals surface area (Å²) in [5.41, 5.74) is -0.346. The van der Waals surface area contributed by atoms with Gasteiger partial charge in [0.2, 0.25) is 10.8 Å². The van der Waals surface area contributed by atoms with Gasteiger partial charge in [0.05, 0.1) is 6.07 Å². The predicted molar refractivity (Wildman–Crippen MR) is 64.4 cm³/mol. The fraction of sp³-hybridized carbons (Fsp3) is 0.444. The van der Waals surface area contributed by atoms with Crippen molar-refractivity contribution in [3.63, 3.8) is 0 Å². The molecule has 0 unspecified atom stereocenters. The van der Waals surface area contributed by atoms with Crippen molar-refractivity contribution in [3.05, 3.63) is 16.4 Å². The molecule has 0 fully saturated rings. The van der Waals surface area contributed by atoms with E-state index in [1.54, 1.807) is 11.8 Å². The van der Waals surface area contributed by atoms with Gasteiger partial charge in [0, 0.05) is 5.75 Å². The van der Waals surface area contributed by atoms with Gasteiger partial charge in [-0.15, -0.1) is 5.10 Å². The Morgan fingerprint density at radius 2 is 2.44 bits per heavy atom. The summed E-state index contributed by atoms with van der Waals surface area (Å²) in [5.74, 6) is 0.732. The molecule has 5 nitrogen and oxygen atoms in total. The molecule has 0 radical (unpaired) electrons. The van der Waals surface area contributed by atoms with Crippen molar-refractivity contribution in [1.29, 1.82) is 0 Å². The molecule has 0 atom stereocenters. The van der Waals surface area contributed by atoms with E-state index in [-0.39, 0.29) is 11.4 Å². The lowest BCUT2D eigenvalue weighted by atomic mass is 10.4. The maximum atomic E-state index is 11.4. The monoisotopic (exact) mass is 257 g/mol. The SMILES string of the molecule is CCCCSc1nn2c(=O)cc(O)nc2s1. The average Bonchev–Trinajstić information content (AvgIpc) is 2.61. The molecule has 0 aliphatic carbocycles. The molecule has 0 aliphatic heterocycles. The molecule has 86 valence electrons. The number of unbranched alkanes of at least 4 members (excludes halogenated alkanes) is 1. The van der Waals surface area contributed by atoms with Crippen molar-refractivity contribution >= 4 is 28.1 Å². The summed E-state index contributed by atoms with van der Waals surface area (Å²) in [4.78, 5) is 15.7. The minimum absolute atomic E-state index is 0.251. The van der Waals surface area contributed by atoms with E-state index in [4.69, 9.17) is 0 Å². The van der Waals surface area contributed by atoms with E-state index in [1.165, 1.54) is 15.9 Å². The lowest BCUT2D eigenvalue weighted by molar-refractivity contribution is 0.452. The van der Waals surface area contributed by atoms with Gasteiger partial charge in [-0.1, -0.05) is 36.4 Å². The summed E-state index contributed by atoms with van der Waals surface area (Å²) in [7, 11) is 0. The highest BCUT2D eigenvalue weighted by Gasteiger charge is 2.08. The van der Waals surface area contributed by atoms with Crippen LogP contribution in [-0.4, -0.2) is 25.5 Å². The van der Waals surface area contributed by atoms with Gasteiger partial charge in [0.15, 0.2) is 4.34 Å². The fourth-order valence-electron chi connectivity index (χ4n) is 1.14. The third-order valence-electron chi connectivity index (χ3n) is 1.94. The van der Waals surface area contributed by atoms with Crippen LogP contribution in [0.15, 0.2) is 15.2 Å². The summed E-state index contributed by atoms with van der Waals surface area (Å²) >= 11 is 2.93. The molecule has 0 saturated heterocycles. The van der Waals surface area contributed by atoms with Crippen molar-refractivity contribution in [2.24, 2.45) is 0 Å². The van der Waals surface area contributed by atoms with Crippen LogP contribution in [0, 0.1) is 0 Å². The number of aromatic nitrogens is 3. The number of aromatic hydroxyl groups is 1. The number of rotatable bonds is 4. The van der Waals surface area contributed by atoms with E-state index in [2.05, 4.69) is 17.0 Å². The number of thioether (sulfide) groups is 1. The smallest absolute Gasteiger partial charge is 0.279 e. The molecule has 16 heavy (non-hydrogen) atoms. The maximum Gasteiger partial charge on any atom is 0.279 e. The minimum Gasteiger partial charge on any atom is -0.493 e. The van der Waals surface area contributed by atoms with Crippen LogP contribution < -0.4 is 5.56 Å². The quantitative estimate of drug-likeness (QED) is 0.667. The van der Waals surface area contributed by atoms with Crippen molar-refractivity contribution in [2.75, 3.05) is 5.75 Å². The van der Waals surface area contributed by atoms with Crippen LogP contribution in [0.2, 0.25) is 0 Å². The van der Waals surface area contributed by atoms with E-state index in [9.17, 15) is 9.90 Å². The van der Waals surface area contributed by atoms with Crippen LogP contribution in [0.4, 0.5) is 0 Å². The molecular weight excluding hydrogens is 246 g/mol. The largest absolute Gasteiger partial charge is 0.493 e. The van der Waals surface area contributed by atoms with Gasteiger partial charge in [-0.2, -0.15) is 9.50 Å². The van der Waals surface area contributed by atoms with Crippen LogP contribution in [0.3, 0.4) is 0 Å². The molecule has 0 amide bonds. The maximum absolute atomic E-state index is 11.4. The second-order valence-electron chi connectivity index (χ2n) is 3.22. The summed E-state index contributed by atoms with van der Waals surface area (Å²) in [6, 6.07) is 1.06. The van der Waals surface area contributed by atoms with E-state index in [0.717, 1.165) is 29.0 Å². The summed E-state index contributed by atoms with van der Waals surface area (Å²) in [5, 5.41) is 13.3. The van der Waals surface area contributed by atoms with Gasteiger partial charge in [0.25, 0.3) is 5.56 Å². The lowest BCUT2D eigenvalue weighted by Gasteiger charge is -1.91. The molecular formula is C9H11N3O2S2. The number of fused-ring (bicyclic) bond motifs is 1. The normalized spacial score (nSPS) is 11.1. The second-order valence-corrected chi connectivity index (χ2v) is 5.51. The van der Waals surface area contributed by atoms with Gasteiger partial charge >= 0.3 is 0 Å². The van der Waals surface area contributed by atoms with Crippen molar-refractivity contribution in [3.8, 4) is 5.88 Å². The molecule has 2 aromatic heterocycles. The molecule has 2 heterocycles. The van der Waals surface area contributed by atoms with Gasteiger partial charge in [-0.05, 0) is 6.42 Å². The Morgan fingerprint density at radius 3 is 3.19 bits per heavy atom. The lowest BCUT2D eigenvalue weighted by Crippen LogP contribution is -2.12. The standard InChI is InChI=1S/C9H11N3O2S2/c1-2-3-4-15-9-11-12-7(14)5-6(13)10-8(12)16-9/h5,13H,2-4H2,1H3.